The first-order chi connectivity index (χ1) is 23.5. The zero-order chi connectivity index (χ0) is 32.5. The molecule has 0 aliphatic rings. The van der Waals surface area contributed by atoms with E-state index in [1.165, 1.54) is 38.7 Å². The smallest absolute Gasteiger partial charge is 0.227 e. The van der Waals surface area contributed by atoms with Crippen LogP contribution in [0.4, 0.5) is 0 Å². The molecular weight excluding hydrogens is 587 g/mol. The van der Waals surface area contributed by atoms with Crippen molar-refractivity contribution in [2.75, 3.05) is 0 Å². The van der Waals surface area contributed by atoms with Crippen LogP contribution < -0.4 is 0 Å². The van der Waals surface area contributed by atoms with Crippen molar-refractivity contribution >= 4 is 54.8 Å². The summed E-state index contributed by atoms with van der Waals surface area (Å²) in [7, 11) is 0. The highest BCUT2D eigenvalue weighted by Crippen LogP contribution is 2.43. The van der Waals surface area contributed by atoms with Crippen LogP contribution in [0.25, 0.3) is 83.0 Å². The largest absolute Gasteiger partial charge is 0.437 e. The predicted octanol–water partition coefficient (Wildman–Crippen LogP) is 12.2. The number of hydrogen-bond acceptors (Lipinski definition) is 3. The van der Waals surface area contributed by atoms with E-state index in [1.54, 1.807) is 0 Å². The molecule has 3 heterocycles. The van der Waals surface area contributed by atoms with Crippen LogP contribution in [0.1, 0.15) is 50.7 Å². The number of benzene rings is 6. The van der Waals surface area contributed by atoms with Gasteiger partial charge in [0.2, 0.25) is 5.71 Å². The van der Waals surface area contributed by atoms with Crippen LogP contribution in [0.2, 0.25) is 0 Å². The van der Waals surface area contributed by atoms with E-state index in [0.717, 1.165) is 49.7 Å². The second kappa shape index (κ2) is 10.9. The molecule has 9 rings (SSSR count). The molecule has 0 atom stereocenters. The van der Waals surface area contributed by atoms with Crippen molar-refractivity contribution in [2.24, 2.45) is 0 Å². The Morgan fingerprint density at radius 3 is 2.04 bits per heavy atom. The molecule has 4 nitrogen and oxygen atoms in total. The van der Waals surface area contributed by atoms with Crippen molar-refractivity contribution in [3.63, 3.8) is 0 Å². The number of para-hydroxylation sites is 3. The molecule has 232 valence electrons. The van der Waals surface area contributed by atoms with Gasteiger partial charge in [-0.1, -0.05) is 113 Å². The Bertz CT molecular complexity index is 2650. The molecule has 3 aromatic heterocycles. The zero-order valence-corrected chi connectivity index (χ0v) is 27.5. The van der Waals surface area contributed by atoms with E-state index < -0.39 is 0 Å². The van der Waals surface area contributed by atoms with Crippen LogP contribution in [0.15, 0.2) is 132 Å². The summed E-state index contributed by atoms with van der Waals surface area (Å²) in [4.78, 5) is 10.4. The van der Waals surface area contributed by atoms with Crippen molar-refractivity contribution < 1.29 is 4.42 Å². The van der Waals surface area contributed by atoms with Gasteiger partial charge in [-0.15, -0.1) is 0 Å². The van der Waals surface area contributed by atoms with Crippen LogP contribution in [0.5, 0.6) is 0 Å². The van der Waals surface area contributed by atoms with Crippen molar-refractivity contribution in [2.45, 2.75) is 39.5 Å². The van der Waals surface area contributed by atoms with Gasteiger partial charge in [0.05, 0.1) is 27.8 Å². The molecule has 0 aliphatic heterocycles. The topological polar surface area (TPSA) is 43.9 Å². The van der Waals surface area contributed by atoms with E-state index in [4.69, 9.17) is 14.4 Å². The molecule has 0 saturated carbocycles. The van der Waals surface area contributed by atoms with E-state index in [-0.39, 0.29) is 11.8 Å². The van der Waals surface area contributed by atoms with Gasteiger partial charge in [-0.25, -0.2) is 9.97 Å². The highest BCUT2D eigenvalue weighted by atomic mass is 16.3. The minimum Gasteiger partial charge on any atom is -0.437 e. The molecule has 9 aromatic rings. The number of pyridine rings is 1. The van der Waals surface area contributed by atoms with Crippen LogP contribution in [0.3, 0.4) is 0 Å². The van der Waals surface area contributed by atoms with Crippen LogP contribution in [0, 0.1) is 0 Å². The summed E-state index contributed by atoms with van der Waals surface area (Å²) in [6.07, 6.45) is 0. The molecule has 0 bridgehead atoms. The summed E-state index contributed by atoms with van der Waals surface area (Å²) < 4.78 is 9.10. The molecule has 0 aliphatic carbocycles. The second-order valence-electron chi connectivity index (χ2n) is 13.4. The van der Waals surface area contributed by atoms with Crippen LogP contribution >= 0.6 is 0 Å². The van der Waals surface area contributed by atoms with Crippen molar-refractivity contribution in [1.82, 2.24) is 14.5 Å². The van der Waals surface area contributed by atoms with Crippen molar-refractivity contribution in [1.29, 1.82) is 0 Å². The first-order valence-corrected chi connectivity index (χ1v) is 16.8. The second-order valence-corrected chi connectivity index (χ2v) is 13.4. The van der Waals surface area contributed by atoms with Crippen molar-refractivity contribution in [3.05, 3.63) is 139 Å². The fourth-order valence-corrected chi connectivity index (χ4v) is 7.36. The lowest BCUT2D eigenvalue weighted by molar-refractivity contribution is 0.656. The quantitative estimate of drug-likeness (QED) is 0.180. The number of rotatable bonds is 5. The maximum atomic E-state index is 6.71. The number of nitrogens with zero attached hydrogens (tertiary/aromatic N) is 3. The highest BCUT2D eigenvalue weighted by Gasteiger charge is 2.25. The lowest BCUT2D eigenvalue weighted by Gasteiger charge is -2.24. The Balaban J connectivity index is 1.35. The molecule has 0 saturated heterocycles. The van der Waals surface area contributed by atoms with Gasteiger partial charge in [-0.05, 0) is 87.3 Å². The van der Waals surface area contributed by atoms with Gasteiger partial charge in [-0.3, -0.25) is 4.57 Å². The standard InChI is InChI=1S/C44H35N3O/c1-26(2)34-23-30(28-13-6-5-7-14-28)24-35(27(3)4)41(34)47-40-20-11-10-19-39(40)45-43(47)33-18-12-17-32-37-25-36-31-16-9-8-15-29(31)21-22-38(36)46-44(37)48-42(32)33/h5-27H,1-4H3. The van der Waals surface area contributed by atoms with Crippen molar-refractivity contribution in [3.8, 4) is 28.2 Å². The normalized spacial score (nSPS) is 12.1. The Kier molecular flexibility index (Phi) is 6.48. The molecule has 0 unspecified atom stereocenters. The third-order valence-corrected chi connectivity index (χ3v) is 9.74. The average molecular weight is 622 g/mol. The lowest BCUT2D eigenvalue weighted by atomic mass is 9.88. The van der Waals surface area contributed by atoms with E-state index >= 15 is 0 Å². The maximum Gasteiger partial charge on any atom is 0.227 e. The fourth-order valence-electron chi connectivity index (χ4n) is 7.36. The Labute approximate surface area is 279 Å². The third kappa shape index (κ3) is 4.36. The molecular formula is C44H35N3O. The molecule has 6 aromatic carbocycles. The average Bonchev–Trinajstić information content (AvgIpc) is 3.68. The summed E-state index contributed by atoms with van der Waals surface area (Å²) in [6, 6.07) is 45.3. The fraction of sp³-hybridized carbons (Fsp3) is 0.136. The summed E-state index contributed by atoms with van der Waals surface area (Å²) >= 11 is 0. The number of hydrogen-bond donors (Lipinski definition) is 0. The molecule has 0 spiro atoms. The highest BCUT2D eigenvalue weighted by molar-refractivity contribution is 6.15. The van der Waals surface area contributed by atoms with Gasteiger partial charge in [0.1, 0.15) is 11.4 Å². The third-order valence-electron chi connectivity index (χ3n) is 9.74. The predicted molar refractivity (Wildman–Crippen MR) is 200 cm³/mol. The molecule has 0 amide bonds. The van der Waals surface area contributed by atoms with Gasteiger partial charge in [-0.2, -0.15) is 0 Å². The van der Waals surface area contributed by atoms with Gasteiger partial charge >= 0.3 is 0 Å². The summed E-state index contributed by atoms with van der Waals surface area (Å²) in [5, 5.41) is 5.57. The summed E-state index contributed by atoms with van der Waals surface area (Å²) in [5.41, 5.74) is 11.6. The van der Waals surface area contributed by atoms with Gasteiger partial charge < -0.3 is 4.42 Å². The van der Waals surface area contributed by atoms with Crippen LogP contribution in [-0.2, 0) is 0 Å². The lowest BCUT2D eigenvalue weighted by Crippen LogP contribution is -2.09. The van der Waals surface area contributed by atoms with Gasteiger partial charge in [0, 0.05) is 16.2 Å². The Hall–Kier alpha value is -5.74. The summed E-state index contributed by atoms with van der Waals surface area (Å²) in [5.74, 6) is 1.43. The number of aromatic nitrogens is 3. The number of fused-ring (bicyclic) bond motifs is 7. The van der Waals surface area contributed by atoms with Gasteiger partial charge in [0.25, 0.3) is 0 Å². The Morgan fingerprint density at radius 1 is 0.542 bits per heavy atom. The Morgan fingerprint density at radius 2 is 1.25 bits per heavy atom. The molecule has 0 radical (unpaired) electrons. The van der Waals surface area contributed by atoms with E-state index in [0.29, 0.717) is 5.71 Å². The zero-order valence-electron chi connectivity index (χ0n) is 27.5. The minimum atomic E-state index is 0.281. The van der Waals surface area contributed by atoms with E-state index in [2.05, 4.69) is 160 Å². The maximum absolute atomic E-state index is 6.71. The van der Waals surface area contributed by atoms with E-state index in [9.17, 15) is 0 Å². The SMILES string of the molecule is CC(C)c1cc(-c2ccccc2)cc(C(C)C)c1-n1c(-c2cccc3c2oc2nc4ccc5ccccc5c4cc23)nc2ccccc21. The van der Waals surface area contributed by atoms with Crippen LogP contribution in [-0.4, -0.2) is 14.5 Å². The first-order valence-electron chi connectivity index (χ1n) is 16.8. The molecule has 48 heavy (non-hydrogen) atoms. The summed E-state index contributed by atoms with van der Waals surface area (Å²) in [6.45, 7) is 9.15. The molecule has 0 N–H and O–H groups in total. The number of imidazole rings is 1. The minimum absolute atomic E-state index is 0.281. The van der Waals surface area contributed by atoms with Gasteiger partial charge in [0.15, 0.2) is 0 Å². The monoisotopic (exact) mass is 621 g/mol. The molecule has 4 heteroatoms. The number of furan rings is 1. The van der Waals surface area contributed by atoms with E-state index in [1.807, 2.05) is 0 Å². The molecule has 0 fully saturated rings. The first kappa shape index (κ1) is 28.5.